The lowest BCUT2D eigenvalue weighted by atomic mass is 9.97. The third-order valence-corrected chi connectivity index (χ3v) is 6.32. The summed E-state index contributed by atoms with van der Waals surface area (Å²) in [6, 6.07) is 18.0. The number of H-pyrrole nitrogens is 1. The van der Waals surface area contributed by atoms with Crippen molar-refractivity contribution in [1.29, 1.82) is 0 Å². The maximum atomic E-state index is 13.4. The van der Waals surface area contributed by atoms with Gasteiger partial charge in [0.25, 0.3) is 0 Å². The summed E-state index contributed by atoms with van der Waals surface area (Å²) >= 11 is 0. The minimum atomic E-state index is 0.0294. The van der Waals surface area contributed by atoms with Crippen LogP contribution in [-0.4, -0.2) is 32.3 Å². The van der Waals surface area contributed by atoms with E-state index < -0.39 is 0 Å². The van der Waals surface area contributed by atoms with Gasteiger partial charge in [0, 0.05) is 24.7 Å². The summed E-state index contributed by atoms with van der Waals surface area (Å²) in [5.41, 5.74) is 12.2. The van der Waals surface area contributed by atoms with Gasteiger partial charge >= 0.3 is 0 Å². The van der Waals surface area contributed by atoms with Gasteiger partial charge < -0.3 is 11.1 Å². The van der Waals surface area contributed by atoms with E-state index in [1.807, 2.05) is 61.8 Å². The Morgan fingerprint density at radius 3 is 2.74 bits per heavy atom. The van der Waals surface area contributed by atoms with Crippen molar-refractivity contribution in [3.63, 3.8) is 0 Å². The van der Waals surface area contributed by atoms with E-state index in [-0.39, 0.29) is 11.8 Å². The number of carbonyl (C=O) groups excluding carboxylic acids is 1. The van der Waals surface area contributed by atoms with Crippen LogP contribution in [0.4, 0.5) is 0 Å². The number of aromatic nitrogens is 4. The van der Waals surface area contributed by atoms with E-state index >= 15 is 0 Å². The number of nitrogens with one attached hydrogen (secondary N) is 2. The molecule has 0 amide bonds. The van der Waals surface area contributed by atoms with Gasteiger partial charge in [0.05, 0.1) is 23.6 Å². The predicted octanol–water partition coefficient (Wildman–Crippen LogP) is 3.88. The predicted molar refractivity (Wildman–Crippen MR) is 132 cm³/mol. The standard InChI is InChI=1S/C27H30N6O/c1-18-10-25(33(32-18)24-7-3-5-21(12-24)14-28)26(34)13-20-4-2-6-22(11-20)27(23-16-30-31-17-23)29-15-19-8-9-19/h2-7,10-12,16-17,19,27,29H,8-9,13-15,28H2,1H3,(H,30,31). The Labute approximate surface area is 199 Å². The number of hydrogen-bond donors (Lipinski definition) is 3. The molecule has 7 heteroatoms. The average molecular weight is 455 g/mol. The molecule has 4 N–H and O–H groups in total. The molecule has 5 rings (SSSR count). The first-order valence-electron chi connectivity index (χ1n) is 11.8. The number of ketones is 1. The number of nitrogens with two attached hydrogens (primary N) is 1. The second-order valence-corrected chi connectivity index (χ2v) is 9.12. The van der Waals surface area contributed by atoms with E-state index in [4.69, 9.17) is 5.73 Å². The summed E-state index contributed by atoms with van der Waals surface area (Å²) in [5.74, 6) is 0.794. The van der Waals surface area contributed by atoms with Crippen molar-refractivity contribution in [2.45, 2.75) is 38.8 Å². The van der Waals surface area contributed by atoms with Gasteiger partial charge in [-0.05, 0) is 67.1 Å². The van der Waals surface area contributed by atoms with Gasteiger partial charge in [0.2, 0.25) is 0 Å². The van der Waals surface area contributed by atoms with Crippen LogP contribution < -0.4 is 11.1 Å². The first kappa shape index (κ1) is 22.3. The molecule has 4 aromatic rings. The molecule has 1 aliphatic carbocycles. The highest BCUT2D eigenvalue weighted by Gasteiger charge is 2.24. The Bertz CT molecular complexity index is 1270. The number of benzene rings is 2. The lowest BCUT2D eigenvalue weighted by Gasteiger charge is -2.19. The molecule has 2 aromatic carbocycles. The smallest absolute Gasteiger partial charge is 0.185 e. The minimum Gasteiger partial charge on any atom is -0.326 e. The maximum Gasteiger partial charge on any atom is 0.185 e. The fraction of sp³-hybridized carbons (Fsp3) is 0.296. The van der Waals surface area contributed by atoms with Crippen molar-refractivity contribution in [2.75, 3.05) is 6.54 Å². The van der Waals surface area contributed by atoms with Gasteiger partial charge in [-0.15, -0.1) is 0 Å². The van der Waals surface area contributed by atoms with Crippen LogP contribution in [0.3, 0.4) is 0 Å². The molecular weight excluding hydrogens is 424 g/mol. The molecule has 174 valence electrons. The van der Waals surface area contributed by atoms with Gasteiger partial charge in [0.15, 0.2) is 5.78 Å². The monoisotopic (exact) mass is 454 g/mol. The lowest BCUT2D eigenvalue weighted by molar-refractivity contribution is 0.0985. The van der Waals surface area contributed by atoms with E-state index in [2.05, 4.69) is 32.7 Å². The Kier molecular flexibility index (Phi) is 6.38. The summed E-state index contributed by atoms with van der Waals surface area (Å²) in [5, 5.41) is 15.3. The molecule has 2 heterocycles. The highest BCUT2D eigenvalue weighted by atomic mass is 16.1. The number of aryl methyl sites for hydroxylation is 1. The van der Waals surface area contributed by atoms with E-state index in [1.165, 1.54) is 12.8 Å². The topological polar surface area (TPSA) is 102 Å². The van der Waals surface area contributed by atoms with Gasteiger partial charge in [-0.25, -0.2) is 4.68 Å². The quantitative estimate of drug-likeness (QED) is 0.316. The fourth-order valence-electron chi connectivity index (χ4n) is 4.32. The molecule has 1 aliphatic rings. The van der Waals surface area contributed by atoms with Crippen molar-refractivity contribution < 1.29 is 4.79 Å². The zero-order valence-corrected chi connectivity index (χ0v) is 19.4. The van der Waals surface area contributed by atoms with E-state index in [1.54, 1.807) is 4.68 Å². The first-order valence-corrected chi connectivity index (χ1v) is 11.8. The second-order valence-electron chi connectivity index (χ2n) is 9.12. The number of carbonyl (C=O) groups is 1. The number of nitrogens with zero attached hydrogens (tertiary/aromatic N) is 3. The molecule has 7 nitrogen and oxygen atoms in total. The van der Waals surface area contributed by atoms with Crippen molar-refractivity contribution in [2.24, 2.45) is 11.7 Å². The fourth-order valence-corrected chi connectivity index (χ4v) is 4.32. The number of Topliss-reactive ketones (excluding diaryl/α,β-unsaturated/α-hetero) is 1. The molecule has 0 bridgehead atoms. The van der Waals surface area contributed by atoms with Gasteiger partial charge in [-0.3, -0.25) is 9.89 Å². The summed E-state index contributed by atoms with van der Waals surface area (Å²) in [6.45, 7) is 3.33. The first-order chi connectivity index (χ1) is 16.6. The molecule has 0 spiro atoms. The zero-order valence-electron chi connectivity index (χ0n) is 19.4. The average Bonchev–Trinajstić information content (AvgIpc) is 3.35. The maximum absolute atomic E-state index is 13.4. The SMILES string of the molecule is Cc1cc(C(=O)Cc2cccc(C(NCC3CC3)c3cn[nH]c3)c2)n(-c2cccc(CN)c2)n1. The summed E-state index contributed by atoms with van der Waals surface area (Å²) in [4.78, 5) is 13.4. The van der Waals surface area contributed by atoms with Crippen molar-refractivity contribution in [3.8, 4) is 5.69 Å². The molecule has 0 radical (unpaired) electrons. The third-order valence-electron chi connectivity index (χ3n) is 6.32. The van der Waals surface area contributed by atoms with Crippen LogP contribution in [0.15, 0.2) is 67.0 Å². The van der Waals surface area contributed by atoms with Crippen LogP contribution in [0, 0.1) is 12.8 Å². The van der Waals surface area contributed by atoms with Crippen molar-refractivity contribution >= 4 is 5.78 Å². The molecule has 0 saturated heterocycles. The summed E-state index contributed by atoms with van der Waals surface area (Å²) in [6.07, 6.45) is 6.68. The number of aromatic amines is 1. The third kappa shape index (κ3) is 5.00. The lowest BCUT2D eigenvalue weighted by Crippen LogP contribution is -2.24. The van der Waals surface area contributed by atoms with Crippen LogP contribution in [0.5, 0.6) is 0 Å². The Morgan fingerprint density at radius 1 is 1.15 bits per heavy atom. The molecule has 34 heavy (non-hydrogen) atoms. The summed E-state index contributed by atoms with van der Waals surface area (Å²) in [7, 11) is 0. The van der Waals surface area contributed by atoms with Crippen LogP contribution in [0.25, 0.3) is 5.69 Å². The highest BCUT2D eigenvalue weighted by Crippen LogP contribution is 2.30. The summed E-state index contributed by atoms with van der Waals surface area (Å²) < 4.78 is 1.73. The van der Waals surface area contributed by atoms with Crippen molar-refractivity contribution in [3.05, 3.63) is 101 Å². The van der Waals surface area contributed by atoms with Crippen LogP contribution in [0.1, 0.15) is 57.3 Å². The van der Waals surface area contributed by atoms with E-state index in [0.717, 1.165) is 46.1 Å². The van der Waals surface area contributed by atoms with Crippen LogP contribution in [-0.2, 0) is 13.0 Å². The van der Waals surface area contributed by atoms with Gasteiger partial charge in [-0.2, -0.15) is 10.2 Å². The molecule has 1 saturated carbocycles. The molecule has 1 fully saturated rings. The van der Waals surface area contributed by atoms with Gasteiger partial charge in [-0.1, -0.05) is 36.4 Å². The van der Waals surface area contributed by atoms with Crippen molar-refractivity contribution in [1.82, 2.24) is 25.3 Å². The highest BCUT2D eigenvalue weighted by molar-refractivity contribution is 5.96. The normalized spacial score (nSPS) is 14.3. The zero-order chi connectivity index (χ0) is 23.5. The van der Waals surface area contributed by atoms with E-state index in [0.29, 0.717) is 18.7 Å². The van der Waals surface area contributed by atoms with Gasteiger partial charge in [0.1, 0.15) is 5.69 Å². The number of hydrogen-bond acceptors (Lipinski definition) is 5. The Balaban J connectivity index is 1.39. The minimum absolute atomic E-state index is 0.0294. The van der Waals surface area contributed by atoms with E-state index in [9.17, 15) is 4.79 Å². The Morgan fingerprint density at radius 2 is 1.97 bits per heavy atom. The molecule has 0 aliphatic heterocycles. The van der Waals surface area contributed by atoms with Crippen LogP contribution >= 0.6 is 0 Å². The Hall–Kier alpha value is -3.55. The van der Waals surface area contributed by atoms with Crippen LogP contribution in [0.2, 0.25) is 0 Å². The second kappa shape index (κ2) is 9.75. The molecule has 1 unspecified atom stereocenters. The molecule has 1 atom stereocenters. The molecule has 2 aromatic heterocycles. The number of rotatable bonds is 10. The largest absolute Gasteiger partial charge is 0.326 e. The molecular formula is C27H30N6O.